The van der Waals surface area contributed by atoms with Crippen molar-refractivity contribution < 1.29 is 9.53 Å². The minimum atomic E-state index is -0.448. The van der Waals surface area contributed by atoms with Gasteiger partial charge in [0.1, 0.15) is 0 Å². The highest BCUT2D eigenvalue weighted by atomic mass is 16.7. The number of hydrogen-bond donors (Lipinski definition) is 1. The fraction of sp³-hybridized carbons (Fsp3) is 0.0833. The van der Waals surface area contributed by atoms with Gasteiger partial charge in [0.2, 0.25) is 0 Å². The summed E-state index contributed by atoms with van der Waals surface area (Å²) in [4.78, 5) is 10.7. The van der Waals surface area contributed by atoms with E-state index in [0.29, 0.717) is 0 Å². The molecule has 1 saturated heterocycles. The Bertz CT molecular complexity index is 531. The molecular weight excluding hydrogens is 190 g/mol. The van der Waals surface area contributed by atoms with Crippen LogP contribution in [0, 0.1) is 0 Å². The predicted molar refractivity (Wildman–Crippen MR) is 57.5 cm³/mol. The highest BCUT2D eigenvalue weighted by Crippen LogP contribution is 2.26. The number of hydrogen-bond acceptors (Lipinski definition) is 3. The second kappa shape index (κ2) is 2.98. The maximum atomic E-state index is 10.7. The van der Waals surface area contributed by atoms with Crippen molar-refractivity contribution in [2.75, 3.05) is 5.32 Å². The summed E-state index contributed by atoms with van der Waals surface area (Å²) in [7, 11) is 0. The molecule has 74 valence electrons. The van der Waals surface area contributed by atoms with Gasteiger partial charge in [-0.05, 0) is 11.5 Å². The van der Waals surface area contributed by atoms with Gasteiger partial charge in [-0.15, -0.1) is 0 Å². The molecule has 2 aromatic rings. The van der Waals surface area contributed by atoms with Crippen LogP contribution in [0.25, 0.3) is 10.8 Å². The molecule has 0 radical (unpaired) electrons. The van der Waals surface area contributed by atoms with Gasteiger partial charge in [-0.25, -0.2) is 4.79 Å². The third-order valence-electron chi connectivity index (χ3n) is 2.47. The number of cyclic esters (lactones) is 1. The molecule has 1 atom stereocenters. The van der Waals surface area contributed by atoms with E-state index in [4.69, 9.17) is 4.74 Å². The summed E-state index contributed by atoms with van der Waals surface area (Å²) in [5, 5.41) is 5.29. The van der Waals surface area contributed by atoms with Gasteiger partial charge in [0.05, 0.1) is 0 Å². The number of benzene rings is 2. The summed E-state index contributed by atoms with van der Waals surface area (Å²) in [5.74, 6) is -0.192. The Labute approximate surface area is 86.7 Å². The number of carbonyl (C=O) groups is 1. The average molecular weight is 199 g/mol. The molecule has 2 aromatic carbocycles. The van der Waals surface area contributed by atoms with Crippen molar-refractivity contribution >= 4 is 22.4 Å². The molecule has 1 heterocycles. The van der Waals surface area contributed by atoms with Gasteiger partial charge in [-0.3, -0.25) is 0 Å². The van der Waals surface area contributed by atoms with Crippen molar-refractivity contribution in [3.8, 4) is 0 Å². The van der Waals surface area contributed by atoms with Crippen molar-refractivity contribution in [2.45, 2.75) is 6.23 Å². The van der Waals surface area contributed by atoms with E-state index in [1.807, 2.05) is 42.5 Å². The number of fused-ring (bicyclic) bond motifs is 1. The van der Waals surface area contributed by atoms with Crippen molar-refractivity contribution in [1.29, 1.82) is 0 Å². The first-order valence-electron chi connectivity index (χ1n) is 4.79. The first-order chi connectivity index (χ1) is 7.34. The predicted octanol–water partition coefficient (Wildman–Crippen LogP) is 2.13. The average Bonchev–Trinajstić information content (AvgIpc) is 2.95. The van der Waals surface area contributed by atoms with Crippen LogP contribution in [0.1, 0.15) is 0 Å². The van der Waals surface area contributed by atoms with E-state index < -0.39 is 6.23 Å². The quantitative estimate of drug-likeness (QED) is 0.753. The second-order valence-electron chi connectivity index (χ2n) is 3.49. The second-order valence-corrected chi connectivity index (χ2v) is 3.49. The molecule has 0 aliphatic carbocycles. The van der Waals surface area contributed by atoms with Gasteiger partial charge in [0.25, 0.3) is 6.23 Å². The summed E-state index contributed by atoms with van der Waals surface area (Å²) in [6.45, 7) is 0. The molecule has 1 aliphatic rings. The molecule has 0 amide bonds. The number of ether oxygens (including phenoxy) is 1. The SMILES string of the molecule is O=C1OC1Nc1cccc2ccccc12. The topological polar surface area (TPSA) is 41.6 Å². The van der Waals surface area contributed by atoms with E-state index in [1.54, 1.807) is 0 Å². The maximum Gasteiger partial charge on any atom is 0.371 e. The van der Waals surface area contributed by atoms with Gasteiger partial charge >= 0.3 is 5.97 Å². The van der Waals surface area contributed by atoms with Crippen LogP contribution in [0.5, 0.6) is 0 Å². The first-order valence-corrected chi connectivity index (χ1v) is 4.79. The van der Waals surface area contributed by atoms with Gasteiger partial charge in [-0.1, -0.05) is 36.4 Å². The van der Waals surface area contributed by atoms with Crippen molar-refractivity contribution in [2.24, 2.45) is 0 Å². The summed E-state index contributed by atoms with van der Waals surface area (Å²) in [5.41, 5.74) is 0.934. The minimum Gasteiger partial charge on any atom is -0.426 e. The van der Waals surface area contributed by atoms with E-state index in [9.17, 15) is 4.79 Å². The van der Waals surface area contributed by atoms with E-state index in [0.717, 1.165) is 16.5 Å². The van der Waals surface area contributed by atoms with Crippen LogP contribution in [0.3, 0.4) is 0 Å². The number of anilines is 1. The fourth-order valence-corrected chi connectivity index (χ4v) is 1.66. The van der Waals surface area contributed by atoms with Gasteiger partial charge < -0.3 is 10.1 Å². The molecule has 0 saturated carbocycles. The first kappa shape index (κ1) is 8.29. The van der Waals surface area contributed by atoms with E-state index >= 15 is 0 Å². The molecule has 15 heavy (non-hydrogen) atoms. The minimum absolute atomic E-state index is 0.192. The third kappa shape index (κ3) is 1.42. The van der Waals surface area contributed by atoms with E-state index in [-0.39, 0.29) is 5.97 Å². The molecular formula is C12H9NO2. The Kier molecular flexibility index (Phi) is 1.65. The molecule has 3 heteroatoms. The van der Waals surface area contributed by atoms with Crippen LogP contribution in [0.2, 0.25) is 0 Å². The van der Waals surface area contributed by atoms with Gasteiger partial charge in [0, 0.05) is 11.1 Å². The summed E-state index contributed by atoms with van der Waals surface area (Å²) in [6.07, 6.45) is -0.448. The van der Waals surface area contributed by atoms with Crippen LogP contribution < -0.4 is 5.32 Å². The summed E-state index contributed by atoms with van der Waals surface area (Å²) >= 11 is 0. The molecule has 1 unspecified atom stereocenters. The van der Waals surface area contributed by atoms with Crippen LogP contribution in [-0.2, 0) is 9.53 Å². The van der Waals surface area contributed by atoms with Gasteiger partial charge in [-0.2, -0.15) is 0 Å². The lowest BCUT2D eigenvalue weighted by atomic mass is 10.1. The fourth-order valence-electron chi connectivity index (χ4n) is 1.66. The van der Waals surface area contributed by atoms with Gasteiger partial charge in [0.15, 0.2) is 0 Å². The Morgan fingerprint density at radius 3 is 2.60 bits per heavy atom. The van der Waals surface area contributed by atoms with E-state index in [1.165, 1.54) is 0 Å². The van der Waals surface area contributed by atoms with Crippen LogP contribution in [-0.4, -0.2) is 12.2 Å². The van der Waals surface area contributed by atoms with Crippen molar-refractivity contribution in [3.63, 3.8) is 0 Å². The molecule has 1 aliphatic heterocycles. The lowest BCUT2D eigenvalue weighted by molar-refractivity contribution is -0.117. The monoisotopic (exact) mass is 199 g/mol. The highest BCUT2D eigenvalue weighted by Gasteiger charge is 2.38. The zero-order valence-corrected chi connectivity index (χ0v) is 7.94. The number of epoxide rings is 1. The number of carbonyl (C=O) groups excluding carboxylic acids is 1. The van der Waals surface area contributed by atoms with Crippen LogP contribution >= 0.6 is 0 Å². The summed E-state index contributed by atoms with van der Waals surface area (Å²) < 4.78 is 4.72. The lowest BCUT2D eigenvalue weighted by Crippen LogP contribution is -2.04. The molecule has 3 nitrogen and oxygen atoms in total. The Morgan fingerprint density at radius 1 is 1.07 bits per heavy atom. The Morgan fingerprint density at radius 2 is 1.80 bits per heavy atom. The van der Waals surface area contributed by atoms with Crippen LogP contribution in [0.4, 0.5) is 5.69 Å². The largest absolute Gasteiger partial charge is 0.426 e. The molecule has 0 spiro atoms. The molecule has 1 N–H and O–H groups in total. The molecule has 0 aromatic heterocycles. The smallest absolute Gasteiger partial charge is 0.371 e. The summed E-state index contributed by atoms with van der Waals surface area (Å²) in [6, 6.07) is 14.0. The molecule has 3 rings (SSSR count). The zero-order valence-electron chi connectivity index (χ0n) is 7.94. The van der Waals surface area contributed by atoms with Crippen molar-refractivity contribution in [3.05, 3.63) is 42.5 Å². The normalized spacial score (nSPS) is 18.7. The molecule has 1 fully saturated rings. The van der Waals surface area contributed by atoms with Crippen molar-refractivity contribution in [1.82, 2.24) is 0 Å². The number of rotatable bonds is 2. The lowest BCUT2D eigenvalue weighted by Gasteiger charge is -2.05. The molecule has 0 bridgehead atoms. The number of nitrogens with one attached hydrogen (secondary N) is 1. The van der Waals surface area contributed by atoms with Crippen LogP contribution in [0.15, 0.2) is 42.5 Å². The highest BCUT2D eigenvalue weighted by molar-refractivity contribution is 5.97. The zero-order chi connectivity index (χ0) is 10.3. The Hall–Kier alpha value is -2.03. The third-order valence-corrected chi connectivity index (χ3v) is 2.47. The Balaban J connectivity index is 2.05. The maximum absolute atomic E-state index is 10.7. The standard InChI is InChI=1S/C12H9NO2/c14-12-11(15-12)13-10-7-3-5-8-4-1-2-6-9(8)10/h1-7,11,13H. The van der Waals surface area contributed by atoms with E-state index in [2.05, 4.69) is 5.32 Å².